The number of aromatic nitrogens is 2. The minimum Gasteiger partial charge on any atom is -0.465 e. The summed E-state index contributed by atoms with van der Waals surface area (Å²) in [5.74, 6) is 0.559. The first kappa shape index (κ1) is 12.7. The molecule has 0 aromatic carbocycles. The number of methoxy groups -OCH3 is 1. The first-order valence-electron chi connectivity index (χ1n) is 6.20. The van der Waals surface area contributed by atoms with Gasteiger partial charge in [0, 0.05) is 14.1 Å². The Bertz CT molecular complexity index is 447. The molecule has 1 aliphatic rings. The van der Waals surface area contributed by atoms with E-state index in [1.165, 1.54) is 20.0 Å². The van der Waals surface area contributed by atoms with E-state index < -0.39 is 5.97 Å². The summed E-state index contributed by atoms with van der Waals surface area (Å²) in [4.78, 5) is 13.6. The molecule has 2 N–H and O–H groups in total. The molecule has 100 valence electrons. The second-order valence-corrected chi connectivity index (χ2v) is 4.85. The highest BCUT2D eigenvalue weighted by atomic mass is 16.5. The van der Waals surface area contributed by atoms with Crippen molar-refractivity contribution in [3.8, 4) is 0 Å². The lowest BCUT2D eigenvalue weighted by Crippen LogP contribution is -2.14. The van der Waals surface area contributed by atoms with Crippen molar-refractivity contribution in [3.05, 3.63) is 5.56 Å². The number of anilines is 2. The average Bonchev–Trinajstić information content (AvgIpc) is 2.95. The molecule has 1 fully saturated rings. The van der Waals surface area contributed by atoms with E-state index in [1.54, 1.807) is 9.58 Å². The van der Waals surface area contributed by atoms with Crippen LogP contribution in [0.25, 0.3) is 0 Å². The van der Waals surface area contributed by atoms with Gasteiger partial charge in [0.05, 0.1) is 13.2 Å². The number of rotatable bonds is 3. The number of nitrogen functional groups attached to an aromatic ring is 1. The molecule has 1 aromatic rings. The number of ether oxygens (including phenoxy) is 1. The van der Waals surface area contributed by atoms with Gasteiger partial charge < -0.3 is 15.4 Å². The van der Waals surface area contributed by atoms with E-state index in [1.807, 2.05) is 14.1 Å². The van der Waals surface area contributed by atoms with Gasteiger partial charge in [-0.05, 0) is 12.8 Å². The summed E-state index contributed by atoms with van der Waals surface area (Å²) in [6, 6.07) is 0.308. The van der Waals surface area contributed by atoms with E-state index in [9.17, 15) is 4.79 Å². The monoisotopic (exact) mass is 252 g/mol. The van der Waals surface area contributed by atoms with Crippen molar-refractivity contribution in [3.63, 3.8) is 0 Å². The maximum absolute atomic E-state index is 11.8. The second-order valence-electron chi connectivity index (χ2n) is 4.85. The van der Waals surface area contributed by atoms with Crippen LogP contribution in [0.1, 0.15) is 42.1 Å². The second kappa shape index (κ2) is 4.88. The predicted molar refractivity (Wildman–Crippen MR) is 69.8 cm³/mol. The molecule has 0 saturated heterocycles. The van der Waals surface area contributed by atoms with E-state index in [-0.39, 0.29) is 0 Å². The Hall–Kier alpha value is -1.72. The highest BCUT2D eigenvalue weighted by Crippen LogP contribution is 2.34. The zero-order valence-corrected chi connectivity index (χ0v) is 11.1. The van der Waals surface area contributed by atoms with Crippen molar-refractivity contribution >= 4 is 17.6 Å². The van der Waals surface area contributed by atoms with Gasteiger partial charge in [-0.15, -0.1) is 0 Å². The standard InChI is InChI=1S/C12H20N4O2/c1-15(2)11-9(12(17)18-3)10(13)16(14-11)8-6-4-5-7-8/h8H,4-7,13H2,1-3H3. The molecule has 0 amide bonds. The molecule has 0 atom stereocenters. The summed E-state index contributed by atoms with van der Waals surface area (Å²) in [5.41, 5.74) is 6.44. The zero-order valence-electron chi connectivity index (χ0n) is 11.1. The van der Waals surface area contributed by atoms with Gasteiger partial charge in [0.2, 0.25) is 0 Å². The van der Waals surface area contributed by atoms with Crippen molar-refractivity contribution in [1.82, 2.24) is 9.78 Å². The third kappa shape index (κ3) is 2.02. The Morgan fingerprint density at radius 2 is 2.06 bits per heavy atom. The van der Waals surface area contributed by atoms with Crippen LogP contribution >= 0.6 is 0 Å². The van der Waals surface area contributed by atoms with Crippen LogP contribution in [0.5, 0.6) is 0 Å². The van der Waals surface area contributed by atoms with Gasteiger partial charge in [-0.3, -0.25) is 0 Å². The Labute approximate surface area is 107 Å². The molecular formula is C12H20N4O2. The van der Waals surface area contributed by atoms with Crippen molar-refractivity contribution in [2.75, 3.05) is 31.8 Å². The van der Waals surface area contributed by atoms with Crippen molar-refractivity contribution in [2.24, 2.45) is 0 Å². The van der Waals surface area contributed by atoms with Gasteiger partial charge in [0.15, 0.2) is 5.82 Å². The molecule has 0 unspecified atom stereocenters. The SMILES string of the molecule is COC(=O)c1c(N(C)C)nn(C2CCCC2)c1N. The number of nitrogens with zero attached hydrogens (tertiary/aromatic N) is 3. The summed E-state index contributed by atoms with van der Waals surface area (Å²) < 4.78 is 6.57. The average molecular weight is 252 g/mol. The molecule has 1 aliphatic carbocycles. The van der Waals surface area contributed by atoms with Crippen LogP contribution in [0.15, 0.2) is 0 Å². The van der Waals surface area contributed by atoms with Crippen LogP contribution in [0.2, 0.25) is 0 Å². The van der Waals surface area contributed by atoms with E-state index in [0.29, 0.717) is 23.2 Å². The molecule has 2 rings (SSSR count). The van der Waals surface area contributed by atoms with Crippen LogP contribution in [0, 0.1) is 0 Å². The summed E-state index contributed by atoms with van der Waals surface area (Å²) in [5, 5.41) is 4.48. The lowest BCUT2D eigenvalue weighted by atomic mass is 10.2. The number of esters is 1. The number of nitrogens with two attached hydrogens (primary N) is 1. The van der Waals surface area contributed by atoms with Crippen LogP contribution in [-0.4, -0.2) is 37.0 Å². The van der Waals surface area contributed by atoms with Crippen LogP contribution < -0.4 is 10.6 Å². The normalized spacial score (nSPS) is 15.9. The minimum atomic E-state index is -0.430. The molecule has 0 aliphatic heterocycles. The van der Waals surface area contributed by atoms with E-state index in [4.69, 9.17) is 10.5 Å². The molecule has 0 bridgehead atoms. The fourth-order valence-corrected chi connectivity index (χ4v) is 2.47. The summed E-state index contributed by atoms with van der Waals surface area (Å²) in [6.07, 6.45) is 4.52. The summed E-state index contributed by atoms with van der Waals surface area (Å²) >= 11 is 0. The van der Waals surface area contributed by atoms with Gasteiger partial charge in [0.25, 0.3) is 0 Å². The molecule has 1 heterocycles. The molecule has 0 spiro atoms. The number of carbonyl (C=O) groups is 1. The van der Waals surface area contributed by atoms with Gasteiger partial charge in [-0.2, -0.15) is 5.10 Å². The van der Waals surface area contributed by atoms with Gasteiger partial charge >= 0.3 is 5.97 Å². The first-order valence-corrected chi connectivity index (χ1v) is 6.20. The van der Waals surface area contributed by atoms with E-state index >= 15 is 0 Å². The largest absolute Gasteiger partial charge is 0.465 e. The van der Waals surface area contributed by atoms with Crippen LogP contribution in [-0.2, 0) is 4.74 Å². The molecule has 0 radical (unpaired) electrons. The topological polar surface area (TPSA) is 73.4 Å². The zero-order chi connectivity index (χ0) is 13.3. The van der Waals surface area contributed by atoms with Gasteiger partial charge in [-0.25, -0.2) is 9.48 Å². The quantitative estimate of drug-likeness (QED) is 0.824. The van der Waals surface area contributed by atoms with Crippen molar-refractivity contribution in [1.29, 1.82) is 0 Å². The highest BCUT2D eigenvalue weighted by Gasteiger charge is 2.28. The predicted octanol–water partition coefficient (Wildman–Crippen LogP) is 1.43. The maximum Gasteiger partial charge on any atom is 0.345 e. The molecule has 18 heavy (non-hydrogen) atoms. The Morgan fingerprint density at radius 3 is 2.56 bits per heavy atom. The van der Waals surface area contributed by atoms with Crippen LogP contribution in [0.3, 0.4) is 0 Å². The molecule has 6 nitrogen and oxygen atoms in total. The lowest BCUT2D eigenvalue weighted by Gasteiger charge is -2.11. The van der Waals surface area contributed by atoms with Crippen molar-refractivity contribution in [2.45, 2.75) is 31.7 Å². The molecule has 1 saturated carbocycles. The number of hydrogen-bond donors (Lipinski definition) is 1. The lowest BCUT2D eigenvalue weighted by molar-refractivity contribution is 0.0602. The fraction of sp³-hybridized carbons (Fsp3) is 0.667. The summed E-state index contributed by atoms with van der Waals surface area (Å²) in [6.45, 7) is 0. The molecule has 6 heteroatoms. The maximum atomic E-state index is 11.8. The van der Waals surface area contributed by atoms with Gasteiger partial charge in [0.1, 0.15) is 11.4 Å². The first-order chi connectivity index (χ1) is 8.56. The van der Waals surface area contributed by atoms with E-state index in [2.05, 4.69) is 5.10 Å². The minimum absolute atomic E-state index is 0.308. The number of hydrogen-bond acceptors (Lipinski definition) is 5. The van der Waals surface area contributed by atoms with Crippen molar-refractivity contribution < 1.29 is 9.53 Å². The summed E-state index contributed by atoms with van der Waals surface area (Å²) in [7, 11) is 5.04. The molecular weight excluding hydrogens is 232 g/mol. The smallest absolute Gasteiger partial charge is 0.345 e. The highest BCUT2D eigenvalue weighted by molar-refractivity contribution is 5.99. The third-order valence-corrected chi connectivity index (χ3v) is 3.41. The van der Waals surface area contributed by atoms with Crippen LogP contribution in [0.4, 0.5) is 11.6 Å². The molecule has 1 aromatic heterocycles. The Balaban J connectivity index is 2.46. The number of carbonyl (C=O) groups excluding carboxylic acids is 1. The van der Waals surface area contributed by atoms with E-state index in [0.717, 1.165) is 12.8 Å². The van der Waals surface area contributed by atoms with Gasteiger partial charge in [-0.1, -0.05) is 12.8 Å². The third-order valence-electron chi connectivity index (χ3n) is 3.41. The fourth-order valence-electron chi connectivity index (χ4n) is 2.47. The Kier molecular flexibility index (Phi) is 3.45. The Morgan fingerprint density at radius 1 is 1.44 bits per heavy atom.